The highest BCUT2D eigenvalue weighted by atomic mass is 35.5. The molecule has 0 aliphatic rings. The van der Waals surface area contributed by atoms with E-state index in [0.29, 0.717) is 26.5 Å². The van der Waals surface area contributed by atoms with Crippen molar-refractivity contribution in [1.29, 1.82) is 0 Å². The van der Waals surface area contributed by atoms with Gasteiger partial charge in [-0.25, -0.2) is 0 Å². The molecule has 0 aliphatic carbocycles. The highest BCUT2D eigenvalue weighted by Gasteiger charge is 2.17. The molecule has 4 aromatic rings. The monoisotopic (exact) mass is 420 g/mol. The maximum absolute atomic E-state index is 12.4. The Morgan fingerprint density at radius 3 is 2.41 bits per heavy atom. The number of pyridine rings is 1. The molecule has 4 nitrogen and oxygen atoms in total. The molecule has 0 saturated heterocycles. The van der Waals surface area contributed by atoms with Crippen molar-refractivity contribution in [3.63, 3.8) is 0 Å². The number of aromatic nitrogens is 2. The Labute approximate surface area is 169 Å². The first-order valence-electron chi connectivity index (χ1n) is 8.42. The van der Waals surface area contributed by atoms with E-state index in [-0.39, 0.29) is 10.6 Å². The molecule has 0 spiro atoms. The molecule has 2 aromatic heterocycles. The van der Waals surface area contributed by atoms with Crippen LogP contribution >= 0.6 is 23.2 Å². The van der Waals surface area contributed by atoms with Gasteiger partial charge < -0.3 is 9.97 Å². The van der Waals surface area contributed by atoms with E-state index < -0.39 is 10.8 Å². The molecule has 2 heterocycles. The summed E-state index contributed by atoms with van der Waals surface area (Å²) in [5.74, 6) is 0. The summed E-state index contributed by atoms with van der Waals surface area (Å²) >= 11 is 12.4. The van der Waals surface area contributed by atoms with Crippen molar-refractivity contribution in [3.05, 3.63) is 62.9 Å². The predicted molar refractivity (Wildman–Crippen MR) is 116 cm³/mol. The number of hydrogen-bond donors (Lipinski definition) is 2. The number of halogens is 2. The summed E-state index contributed by atoms with van der Waals surface area (Å²) in [6, 6.07) is 12.6. The van der Waals surface area contributed by atoms with Crippen LogP contribution in [0.4, 0.5) is 0 Å². The number of hydrogen-bond acceptors (Lipinski definition) is 2. The molecule has 140 valence electrons. The van der Waals surface area contributed by atoms with Gasteiger partial charge in [-0.1, -0.05) is 49.2 Å². The summed E-state index contributed by atoms with van der Waals surface area (Å²) in [4.78, 5) is 19.2. The first-order valence-corrected chi connectivity index (χ1v) is 10.7. The van der Waals surface area contributed by atoms with Crippen LogP contribution in [0.5, 0.6) is 0 Å². The number of benzene rings is 2. The Morgan fingerprint density at radius 1 is 0.963 bits per heavy atom. The lowest BCUT2D eigenvalue weighted by molar-refractivity contribution is 0.687. The molecular formula is C20H18Cl2N2O2S. The summed E-state index contributed by atoms with van der Waals surface area (Å²) < 4.78 is 11.8. The van der Waals surface area contributed by atoms with Crippen molar-refractivity contribution < 1.29 is 4.21 Å². The van der Waals surface area contributed by atoms with Gasteiger partial charge in [-0.15, -0.1) is 0 Å². The molecule has 1 unspecified atom stereocenters. The zero-order chi connectivity index (χ0) is 19.7. The average Bonchev–Trinajstić information content (AvgIpc) is 3.01. The fourth-order valence-corrected chi connectivity index (χ4v) is 3.96. The van der Waals surface area contributed by atoms with Gasteiger partial charge in [0.2, 0.25) is 0 Å². The minimum atomic E-state index is -1.13. The quantitative estimate of drug-likeness (QED) is 0.433. The SMILES string of the molecule is CC.CS(=O)c1cccc(-c2c(Cl)c(=O)[nH]c3c2[nH]c2ccc(Cl)cc23)c1. The Hall–Kier alpha value is -2.08. The average molecular weight is 421 g/mol. The van der Waals surface area contributed by atoms with Crippen LogP contribution in [-0.2, 0) is 10.8 Å². The number of fused-ring (bicyclic) bond motifs is 3. The van der Waals surface area contributed by atoms with Crippen molar-refractivity contribution in [2.45, 2.75) is 18.7 Å². The predicted octanol–water partition coefficient (Wildman–Crippen LogP) is 5.75. The van der Waals surface area contributed by atoms with Crippen LogP contribution in [-0.4, -0.2) is 20.4 Å². The molecule has 1 atom stereocenters. The van der Waals surface area contributed by atoms with Crippen LogP contribution in [0.2, 0.25) is 10.0 Å². The number of nitrogens with one attached hydrogen (secondary N) is 2. The first kappa shape index (κ1) is 19.7. The minimum Gasteiger partial charge on any atom is -0.353 e. The first-order chi connectivity index (χ1) is 13.0. The Kier molecular flexibility index (Phi) is 5.75. The minimum absolute atomic E-state index is 0.0872. The molecule has 2 aromatic carbocycles. The van der Waals surface area contributed by atoms with Crippen molar-refractivity contribution in [3.8, 4) is 11.1 Å². The lowest BCUT2D eigenvalue weighted by Crippen LogP contribution is -2.07. The second kappa shape index (κ2) is 7.89. The summed E-state index contributed by atoms with van der Waals surface area (Å²) in [6.07, 6.45) is 1.61. The molecule has 0 radical (unpaired) electrons. The fraction of sp³-hybridized carbons (Fsp3) is 0.150. The molecule has 27 heavy (non-hydrogen) atoms. The van der Waals surface area contributed by atoms with Crippen molar-refractivity contribution in [2.75, 3.05) is 6.26 Å². The van der Waals surface area contributed by atoms with Gasteiger partial charge in [0.1, 0.15) is 5.02 Å². The molecule has 0 saturated carbocycles. The van der Waals surface area contributed by atoms with Crippen LogP contribution < -0.4 is 5.56 Å². The van der Waals surface area contributed by atoms with Gasteiger partial charge in [-0.2, -0.15) is 0 Å². The van der Waals surface area contributed by atoms with Crippen molar-refractivity contribution >= 4 is 55.9 Å². The van der Waals surface area contributed by atoms with Gasteiger partial charge >= 0.3 is 0 Å². The Morgan fingerprint density at radius 2 is 1.70 bits per heavy atom. The number of aromatic amines is 2. The summed E-state index contributed by atoms with van der Waals surface area (Å²) in [6.45, 7) is 4.00. The molecule has 2 N–H and O–H groups in total. The fourth-order valence-electron chi connectivity index (χ4n) is 2.97. The third-order valence-electron chi connectivity index (χ3n) is 4.12. The zero-order valence-corrected chi connectivity index (χ0v) is 17.4. The molecule has 0 bridgehead atoms. The number of H-pyrrole nitrogens is 2. The summed E-state index contributed by atoms with van der Waals surface area (Å²) in [5.41, 5.74) is 3.12. The standard InChI is InChI=1S/C18H12Cl2N2O2S.C2H6/c1-25(24)11-4-2-3-9(7-11)14-15(20)18(23)22-16-12-8-10(19)5-6-13(12)21-17(14)16;1-2/h2-8,21H,1H3,(H,22,23);1-2H3. The van der Waals surface area contributed by atoms with Gasteiger partial charge in [-0.05, 0) is 35.9 Å². The largest absolute Gasteiger partial charge is 0.353 e. The molecule has 4 rings (SSSR count). The second-order valence-corrected chi connectivity index (χ2v) is 7.88. The lowest BCUT2D eigenvalue weighted by atomic mass is 10.0. The van der Waals surface area contributed by atoms with Gasteiger partial charge in [-0.3, -0.25) is 9.00 Å². The Balaban J connectivity index is 0.00000102. The topological polar surface area (TPSA) is 65.7 Å². The van der Waals surface area contributed by atoms with Crippen LogP contribution in [0.3, 0.4) is 0 Å². The van der Waals surface area contributed by atoms with Crippen LogP contribution in [0.15, 0.2) is 52.2 Å². The maximum atomic E-state index is 12.4. The smallest absolute Gasteiger partial charge is 0.267 e. The van der Waals surface area contributed by atoms with E-state index in [4.69, 9.17) is 23.2 Å². The molecular weight excluding hydrogens is 403 g/mol. The summed E-state index contributed by atoms with van der Waals surface area (Å²) in [5, 5.41) is 1.48. The van der Waals surface area contributed by atoms with E-state index in [9.17, 15) is 9.00 Å². The maximum Gasteiger partial charge on any atom is 0.267 e. The lowest BCUT2D eigenvalue weighted by Gasteiger charge is -2.07. The summed E-state index contributed by atoms with van der Waals surface area (Å²) in [7, 11) is -1.13. The normalized spacial score (nSPS) is 12.0. The van der Waals surface area contributed by atoms with E-state index in [0.717, 1.165) is 16.5 Å². The number of rotatable bonds is 2. The van der Waals surface area contributed by atoms with Gasteiger partial charge in [0, 0.05) is 43.4 Å². The van der Waals surface area contributed by atoms with Gasteiger partial charge in [0.15, 0.2) is 0 Å². The molecule has 0 aliphatic heterocycles. The molecule has 7 heteroatoms. The zero-order valence-electron chi connectivity index (χ0n) is 15.0. The van der Waals surface area contributed by atoms with Crippen molar-refractivity contribution in [1.82, 2.24) is 9.97 Å². The highest BCUT2D eigenvalue weighted by molar-refractivity contribution is 7.84. The third-order valence-corrected chi connectivity index (χ3v) is 5.64. The van der Waals surface area contributed by atoms with E-state index in [1.165, 1.54) is 0 Å². The van der Waals surface area contributed by atoms with Crippen LogP contribution in [0, 0.1) is 0 Å². The van der Waals surface area contributed by atoms with Crippen LogP contribution in [0.25, 0.3) is 33.1 Å². The third kappa shape index (κ3) is 3.55. The second-order valence-electron chi connectivity index (χ2n) is 5.69. The Bertz CT molecular complexity index is 1230. The molecule has 0 fully saturated rings. The van der Waals surface area contributed by atoms with E-state index in [1.54, 1.807) is 36.6 Å². The van der Waals surface area contributed by atoms with Crippen molar-refractivity contribution in [2.24, 2.45) is 0 Å². The van der Waals surface area contributed by atoms with Gasteiger partial charge in [0.25, 0.3) is 5.56 Å². The van der Waals surface area contributed by atoms with E-state index >= 15 is 0 Å². The van der Waals surface area contributed by atoms with E-state index in [2.05, 4.69) is 9.97 Å². The van der Waals surface area contributed by atoms with E-state index in [1.807, 2.05) is 26.0 Å². The van der Waals surface area contributed by atoms with Gasteiger partial charge in [0.05, 0.1) is 11.0 Å². The molecule has 0 amide bonds. The van der Waals surface area contributed by atoms with Crippen LogP contribution in [0.1, 0.15) is 13.8 Å². The highest BCUT2D eigenvalue weighted by Crippen LogP contribution is 2.36.